The van der Waals surface area contributed by atoms with Gasteiger partial charge in [-0.2, -0.15) is 0 Å². The van der Waals surface area contributed by atoms with Crippen molar-refractivity contribution in [3.8, 4) is 0 Å². The van der Waals surface area contributed by atoms with Crippen LogP contribution in [0.15, 0.2) is 17.0 Å². The first-order valence-corrected chi connectivity index (χ1v) is 9.03. The largest absolute Gasteiger partial charge is 0.477 e. The Morgan fingerprint density at radius 1 is 1.40 bits per heavy atom. The number of carboxylic acid groups (broad SMARTS) is 1. The number of nitrogens with one attached hydrogen (secondary N) is 1. The van der Waals surface area contributed by atoms with E-state index >= 15 is 0 Å². The highest BCUT2D eigenvalue weighted by Gasteiger charge is 2.32. The highest BCUT2D eigenvalue weighted by Crippen LogP contribution is 2.29. The topological polar surface area (TPSA) is 139 Å². The maximum absolute atomic E-state index is 12.6. The summed E-state index contributed by atoms with van der Waals surface area (Å²) in [6.07, 6.45) is 0. The Kier molecular flexibility index (Phi) is 6.06. The lowest BCUT2D eigenvalue weighted by molar-refractivity contribution is -0.385. The molecule has 0 aromatic heterocycles. The lowest BCUT2D eigenvalue weighted by Gasteiger charge is -2.26. The zero-order valence-corrected chi connectivity index (χ0v) is 14.4. The molecule has 0 aliphatic carbocycles. The van der Waals surface area contributed by atoms with Crippen LogP contribution < -0.4 is 4.72 Å². The molecule has 1 saturated heterocycles. The molecule has 1 heterocycles. The fourth-order valence-electron chi connectivity index (χ4n) is 2.62. The van der Waals surface area contributed by atoms with E-state index in [9.17, 15) is 28.4 Å². The summed E-state index contributed by atoms with van der Waals surface area (Å²) < 4.78 is 32.6. The summed E-state index contributed by atoms with van der Waals surface area (Å²) in [5.41, 5.74) is -1.46. The van der Waals surface area contributed by atoms with Crippen LogP contribution in [0.1, 0.15) is 15.9 Å². The van der Waals surface area contributed by atoms with Crippen molar-refractivity contribution in [3.05, 3.63) is 33.4 Å². The molecule has 1 aliphatic heterocycles. The number of ether oxygens (including phenoxy) is 1. The minimum absolute atomic E-state index is 0.0591. The second kappa shape index (κ2) is 7.87. The number of aromatic carboxylic acids is 1. The quantitative estimate of drug-likeness (QED) is 0.511. The van der Waals surface area contributed by atoms with Gasteiger partial charge in [0.1, 0.15) is 4.90 Å². The highest BCUT2D eigenvalue weighted by molar-refractivity contribution is 7.89. The molecule has 1 aromatic rings. The molecule has 0 unspecified atom stereocenters. The average Bonchev–Trinajstić information content (AvgIpc) is 2.54. The molecule has 25 heavy (non-hydrogen) atoms. The van der Waals surface area contributed by atoms with Crippen LogP contribution in [0.4, 0.5) is 5.69 Å². The van der Waals surface area contributed by atoms with Crippen LogP contribution in [0.5, 0.6) is 0 Å². The second-order valence-corrected chi connectivity index (χ2v) is 7.22. The average molecular weight is 373 g/mol. The predicted molar refractivity (Wildman–Crippen MR) is 87.2 cm³/mol. The smallest absolute Gasteiger partial charge is 0.344 e. The number of hydrogen-bond acceptors (Lipinski definition) is 7. The number of rotatable bonds is 7. The number of carbonyl (C=O) groups is 1. The third-order valence-electron chi connectivity index (χ3n) is 3.84. The van der Waals surface area contributed by atoms with Gasteiger partial charge in [0.05, 0.1) is 18.1 Å². The van der Waals surface area contributed by atoms with Gasteiger partial charge in [0, 0.05) is 32.2 Å². The Hall–Kier alpha value is -2.08. The van der Waals surface area contributed by atoms with E-state index in [2.05, 4.69) is 4.72 Å². The van der Waals surface area contributed by atoms with Gasteiger partial charge < -0.3 is 9.84 Å². The summed E-state index contributed by atoms with van der Waals surface area (Å²) in [5, 5.41) is 20.3. The first-order valence-electron chi connectivity index (χ1n) is 7.55. The van der Waals surface area contributed by atoms with Gasteiger partial charge in [-0.15, -0.1) is 0 Å². The molecule has 1 aliphatic rings. The fraction of sp³-hybridized carbons (Fsp3) is 0.500. The monoisotopic (exact) mass is 373 g/mol. The third kappa shape index (κ3) is 4.51. The summed E-state index contributed by atoms with van der Waals surface area (Å²) in [4.78, 5) is 23.0. The number of nitrogens with zero attached hydrogens (tertiary/aromatic N) is 2. The first-order chi connectivity index (χ1) is 11.7. The van der Waals surface area contributed by atoms with Crippen LogP contribution in [0.2, 0.25) is 0 Å². The molecule has 1 aromatic carbocycles. The molecule has 138 valence electrons. The lowest BCUT2D eigenvalue weighted by atomic mass is 10.1. The maximum atomic E-state index is 12.6. The van der Waals surface area contributed by atoms with Crippen molar-refractivity contribution < 1.29 is 28.0 Å². The van der Waals surface area contributed by atoms with Crippen molar-refractivity contribution in [2.45, 2.75) is 11.8 Å². The first kappa shape index (κ1) is 19.2. The molecule has 0 radical (unpaired) electrons. The van der Waals surface area contributed by atoms with Crippen LogP contribution in [0.3, 0.4) is 0 Å². The number of aryl methyl sites for hydroxylation is 1. The molecule has 2 rings (SSSR count). The molecule has 0 spiro atoms. The molecule has 10 nitrogen and oxygen atoms in total. The molecule has 2 N–H and O–H groups in total. The second-order valence-electron chi connectivity index (χ2n) is 5.52. The number of morpholine rings is 1. The Morgan fingerprint density at radius 3 is 2.60 bits per heavy atom. The van der Waals surface area contributed by atoms with Gasteiger partial charge in [-0.3, -0.25) is 15.0 Å². The normalized spacial score (nSPS) is 15.9. The van der Waals surface area contributed by atoms with E-state index in [-0.39, 0.29) is 12.1 Å². The van der Waals surface area contributed by atoms with E-state index in [1.54, 1.807) is 0 Å². The lowest BCUT2D eigenvalue weighted by Crippen LogP contribution is -2.41. The van der Waals surface area contributed by atoms with Gasteiger partial charge in [-0.1, -0.05) is 6.07 Å². The van der Waals surface area contributed by atoms with E-state index in [0.29, 0.717) is 32.8 Å². The molecule has 0 atom stereocenters. The Balaban J connectivity index is 2.27. The number of benzene rings is 1. The zero-order chi connectivity index (χ0) is 18.6. The molecule has 1 fully saturated rings. The van der Waals surface area contributed by atoms with Crippen molar-refractivity contribution in [2.24, 2.45) is 0 Å². The van der Waals surface area contributed by atoms with Gasteiger partial charge in [0.25, 0.3) is 5.69 Å². The molecule has 0 amide bonds. The van der Waals surface area contributed by atoms with Crippen molar-refractivity contribution in [1.82, 2.24) is 9.62 Å². The van der Waals surface area contributed by atoms with Gasteiger partial charge >= 0.3 is 5.97 Å². The van der Waals surface area contributed by atoms with Crippen molar-refractivity contribution in [2.75, 3.05) is 39.4 Å². The van der Waals surface area contributed by atoms with Crippen LogP contribution >= 0.6 is 0 Å². The number of carboxylic acids is 1. The van der Waals surface area contributed by atoms with E-state index in [0.717, 1.165) is 6.07 Å². The SMILES string of the molecule is Cc1ccc([N+](=O)[O-])c(C(=O)O)c1S(=O)(=O)NCCN1CCOCC1. The summed E-state index contributed by atoms with van der Waals surface area (Å²) in [5.74, 6) is -1.66. The third-order valence-corrected chi connectivity index (χ3v) is 5.48. The Labute approximate surface area is 144 Å². The van der Waals surface area contributed by atoms with E-state index in [1.165, 1.54) is 13.0 Å². The summed E-state index contributed by atoms with van der Waals surface area (Å²) in [7, 11) is -4.22. The molecule has 11 heteroatoms. The zero-order valence-electron chi connectivity index (χ0n) is 13.6. The molecule has 0 saturated carbocycles. The summed E-state index contributed by atoms with van der Waals surface area (Å²) >= 11 is 0. The summed E-state index contributed by atoms with van der Waals surface area (Å²) in [6, 6.07) is 2.21. The van der Waals surface area contributed by atoms with Crippen molar-refractivity contribution >= 4 is 21.7 Å². The van der Waals surface area contributed by atoms with Gasteiger partial charge in [0.2, 0.25) is 10.0 Å². The molecular formula is C14H19N3O7S. The summed E-state index contributed by atoms with van der Waals surface area (Å²) in [6.45, 7) is 4.38. The van der Waals surface area contributed by atoms with Gasteiger partial charge in [0.15, 0.2) is 5.56 Å². The van der Waals surface area contributed by atoms with Crippen LogP contribution in [0.25, 0.3) is 0 Å². The number of hydrogen-bond donors (Lipinski definition) is 2. The minimum Gasteiger partial charge on any atom is -0.477 e. The van der Waals surface area contributed by atoms with E-state index in [1.807, 2.05) is 4.90 Å². The number of sulfonamides is 1. The van der Waals surface area contributed by atoms with Crippen LogP contribution in [-0.4, -0.2) is 68.7 Å². The fourth-order valence-corrected chi connectivity index (χ4v) is 4.07. The van der Waals surface area contributed by atoms with Crippen molar-refractivity contribution in [1.29, 1.82) is 0 Å². The Bertz CT molecular complexity index is 773. The standard InChI is InChI=1S/C14H19N3O7S/c1-10-2-3-11(17(20)21)12(14(18)19)13(10)25(22,23)15-4-5-16-6-8-24-9-7-16/h2-3,15H,4-9H2,1H3,(H,18,19). The molecule has 0 bridgehead atoms. The maximum Gasteiger partial charge on any atom is 0.344 e. The van der Waals surface area contributed by atoms with E-state index < -0.39 is 37.1 Å². The van der Waals surface area contributed by atoms with Crippen LogP contribution in [-0.2, 0) is 14.8 Å². The van der Waals surface area contributed by atoms with E-state index in [4.69, 9.17) is 4.74 Å². The number of nitro benzene ring substituents is 1. The minimum atomic E-state index is -4.22. The highest BCUT2D eigenvalue weighted by atomic mass is 32.2. The van der Waals surface area contributed by atoms with Crippen molar-refractivity contribution in [3.63, 3.8) is 0 Å². The van der Waals surface area contributed by atoms with Crippen LogP contribution in [0, 0.1) is 17.0 Å². The van der Waals surface area contributed by atoms with Gasteiger partial charge in [-0.05, 0) is 12.5 Å². The number of nitro groups is 1. The Morgan fingerprint density at radius 2 is 2.04 bits per heavy atom. The molecular weight excluding hydrogens is 354 g/mol. The predicted octanol–water partition coefficient (Wildman–Crippen LogP) is 0.212. The van der Waals surface area contributed by atoms with Gasteiger partial charge in [-0.25, -0.2) is 17.9 Å².